The van der Waals surface area contributed by atoms with E-state index >= 15 is 0 Å². The molecule has 0 saturated heterocycles. The summed E-state index contributed by atoms with van der Waals surface area (Å²) >= 11 is 1.76. The number of halogens is 3. The zero-order chi connectivity index (χ0) is 18.9. The molecule has 0 aromatic heterocycles. The van der Waals surface area contributed by atoms with Crippen molar-refractivity contribution in [2.75, 3.05) is 12.1 Å². The van der Waals surface area contributed by atoms with Gasteiger partial charge in [0.2, 0.25) is 0 Å². The van der Waals surface area contributed by atoms with Gasteiger partial charge in [-0.25, -0.2) is 4.79 Å². The van der Waals surface area contributed by atoms with Crippen molar-refractivity contribution in [3.05, 3.63) is 22.3 Å². The van der Waals surface area contributed by atoms with E-state index in [0.29, 0.717) is 9.79 Å². The summed E-state index contributed by atoms with van der Waals surface area (Å²) in [6, 6.07) is 0. The summed E-state index contributed by atoms with van der Waals surface area (Å²) in [5, 5.41) is 0. The van der Waals surface area contributed by atoms with Crippen LogP contribution in [0, 0.1) is 27.7 Å². The molecular weight excluding hydrogens is 321 g/mol. The fraction of sp³-hybridized carbons (Fsp3) is 0.500. The summed E-state index contributed by atoms with van der Waals surface area (Å²) in [5.74, 6) is -2.70. The Morgan fingerprint density at radius 3 is 2.00 bits per heavy atom. The molecular formula is C14H17F3O2S2. The van der Waals surface area contributed by atoms with Crippen LogP contribution in [0.2, 0.25) is 0 Å². The number of rotatable bonds is 4. The van der Waals surface area contributed by atoms with Crippen LogP contribution in [0.5, 0.6) is 0 Å². The van der Waals surface area contributed by atoms with Crippen molar-refractivity contribution < 1.29 is 26.8 Å². The fourth-order valence-electron chi connectivity index (χ4n) is 1.84. The lowest BCUT2D eigenvalue weighted by molar-refractivity contribution is -0.197. The van der Waals surface area contributed by atoms with E-state index in [1.807, 2.05) is 0 Å². The molecule has 0 radical (unpaired) electrons. The van der Waals surface area contributed by atoms with Crippen molar-refractivity contribution in [3.63, 3.8) is 0 Å². The van der Waals surface area contributed by atoms with Crippen molar-refractivity contribution in [1.82, 2.24) is 0 Å². The number of benzene rings is 1. The molecule has 1 rings (SSSR count). The molecule has 7 heteroatoms. The van der Waals surface area contributed by atoms with Gasteiger partial charge in [0.05, 0.1) is 0 Å². The summed E-state index contributed by atoms with van der Waals surface area (Å²) < 4.78 is 62.8. The first-order chi connectivity index (χ1) is 10.8. The van der Waals surface area contributed by atoms with Gasteiger partial charge < -0.3 is 4.74 Å². The molecule has 2 nitrogen and oxygen atoms in total. The molecule has 1 aromatic rings. The number of thioether (sulfide) groups is 2. The summed E-state index contributed by atoms with van der Waals surface area (Å²) in [7, 11) is 0. The third-order valence-corrected chi connectivity index (χ3v) is 5.17. The van der Waals surface area contributed by atoms with Gasteiger partial charge in [0, 0.05) is 13.9 Å². The molecule has 0 unspecified atom stereocenters. The maximum absolute atomic E-state index is 12.1. The van der Waals surface area contributed by atoms with Crippen molar-refractivity contribution in [2.45, 2.75) is 43.7 Å². The number of alkyl halides is 3. The van der Waals surface area contributed by atoms with Gasteiger partial charge in [-0.05, 0) is 56.1 Å². The van der Waals surface area contributed by atoms with Crippen LogP contribution in [0.15, 0.2) is 9.79 Å². The SMILES string of the molecule is [2H]C([2H])([2H])Sc1c(C)c(C)c(SCOC(=O)C(F)(F)F)c(C)c1C. The predicted molar refractivity (Wildman–Crippen MR) is 80.0 cm³/mol. The largest absolute Gasteiger partial charge is 0.490 e. The lowest BCUT2D eigenvalue weighted by Gasteiger charge is -2.19. The molecule has 0 spiro atoms. The minimum absolute atomic E-state index is 0.468. The third-order valence-electron chi connectivity index (χ3n) is 3.21. The highest BCUT2D eigenvalue weighted by Crippen LogP contribution is 2.37. The van der Waals surface area contributed by atoms with Gasteiger partial charge in [-0.2, -0.15) is 13.2 Å². The summed E-state index contributed by atoms with van der Waals surface area (Å²) in [6.07, 6.45) is -7.21. The van der Waals surface area contributed by atoms with Crippen molar-refractivity contribution in [1.29, 1.82) is 0 Å². The molecule has 0 atom stereocenters. The van der Waals surface area contributed by atoms with Gasteiger partial charge in [-0.1, -0.05) is 11.8 Å². The Bertz CT molecular complexity index is 615. The highest BCUT2D eigenvalue weighted by Gasteiger charge is 2.40. The van der Waals surface area contributed by atoms with Crippen LogP contribution in [-0.2, 0) is 9.53 Å². The fourth-order valence-corrected chi connectivity index (χ4v) is 3.47. The van der Waals surface area contributed by atoms with Gasteiger partial charge in [0.25, 0.3) is 0 Å². The maximum atomic E-state index is 12.1. The van der Waals surface area contributed by atoms with Crippen LogP contribution in [0.25, 0.3) is 0 Å². The molecule has 0 N–H and O–H groups in total. The molecule has 1 aromatic carbocycles. The molecule has 21 heavy (non-hydrogen) atoms. The number of ether oxygens (including phenoxy) is 1. The van der Waals surface area contributed by atoms with Crippen LogP contribution >= 0.6 is 23.5 Å². The Morgan fingerprint density at radius 2 is 1.57 bits per heavy atom. The maximum Gasteiger partial charge on any atom is 0.490 e. The van der Waals surface area contributed by atoms with Crippen LogP contribution in [0.4, 0.5) is 13.2 Å². The van der Waals surface area contributed by atoms with E-state index in [4.69, 9.17) is 4.11 Å². The number of hydrogen-bond donors (Lipinski definition) is 0. The molecule has 0 amide bonds. The molecule has 0 heterocycles. The Hall–Kier alpha value is -0.820. The van der Waals surface area contributed by atoms with Gasteiger partial charge in [0.15, 0.2) is 0 Å². The minimum Gasteiger partial charge on any atom is -0.448 e. The number of carbonyl (C=O) groups is 1. The summed E-state index contributed by atoms with van der Waals surface area (Å²) in [6.45, 7) is 7.06. The van der Waals surface area contributed by atoms with Gasteiger partial charge in [-0.3, -0.25) is 0 Å². The van der Waals surface area contributed by atoms with Crippen molar-refractivity contribution in [3.8, 4) is 0 Å². The normalized spacial score (nSPS) is 14.3. The van der Waals surface area contributed by atoms with E-state index < -0.39 is 24.3 Å². The average molecular weight is 341 g/mol. The molecule has 0 aliphatic heterocycles. The monoisotopic (exact) mass is 341 g/mol. The van der Waals surface area contributed by atoms with Crippen LogP contribution in [0.1, 0.15) is 26.4 Å². The second-order valence-electron chi connectivity index (χ2n) is 4.45. The third kappa shape index (κ3) is 4.10. The molecule has 0 fully saturated rings. The Morgan fingerprint density at radius 1 is 1.10 bits per heavy atom. The predicted octanol–water partition coefficient (Wildman–Crippen LogP) is 4.80. The van der Waals surface area contributed by atoms with Crippen LogP contribution in [0.3, 0.4) is 0 Å². The van der Waals surface area contributed by atoms with E-state index in [-0.39, 0.29) is 0 Å². The van der Waals surface area contributed by atoms with E-state index in [1.165, 1.54) is 0 Å². The Kier molecular flexibility index (Phi) is 4.58. The molecule has 0 saturated carbocycles. The van der Waals surface area contributed by atoms with E-state index in [1.54, 1.807) is 27.7 Å². The Balaban J connectivity index is 3.04. The Labute approximate surface area is 135 Å². The summed E-state index contributed by atoms with van der Waals surface area (Å²) in [4.78, 5) is 12.1. The zero-order valence-electron chi connectivity index (χ0n) is 15.0. The van der Waals surface area contributed by atoms with E-state index in [2.05, 4.69) is 4.74 Å². The van der Waals surface area contributed by atoms with Crippen molar-refractivity contribution >= 4 is 29.5 Å². The molecule has 118 valence electrons. The first-order valence-electron chi connectivity index (χ1n) is 7.41. The molecule has 0 aliphatic carbocycles. The quantitative estimate of drug-likeness (QED) is 0.446. The van der Waals surface area contributed by atoms with Crippen molar-refractivity contribution in [2.24, 2.45) is 0 Å². The highest BCUT2D eigenvalue weighted by molar-refractivity contribution is 7.99. The van der Waals surface area contributed by atoms with Gasteiger partial charge in [-0.15, -0.1) is 11.8 Å². The number of esters is 1. The van der Waals surface area contributed by atoms with E-state index in [0.717, 1.165) is 45.8 Å². The lowest BCUT2D eigenvalue weighted by Crippen LogP contribution is -2.25. The van der Waals surface area contributed by atoms with Crippen LogP contribution < -0.4 is 0 Å². The smallest absolute Gasteiger partial charge is 0.448 e. The summed E-state index contributed by atoms with van der Waals surface area (Å²) in [5.41, 5.74) is 3.03. The standard InChI is InChI=1S/C14H17F3O2S2/c1-7-9(3)12(10(4)8(2)11(7)20-5)21-6-19-13(18)14(15,16)17/h6H2,1-5H3/i5D3. The van der Waals surface area contributed by atoms with E-state index in [9.17, 15) is 18.0 Å². The molecule has 0 aliphatic rings. The number of hydrogen-bond acceptors (Lipinski definition) is 4. The van der Waals surface area contributed by atoms with Gasteiger partial charge in [0.1, 0.15) is 5.94 Å². The first kappa shape index (κ1) is 13.8. The van der Waals surface area contributed by atoms with Gasteiger partial charge >= 0.3 is 12.1 Å². The van der Waals surface area contributed by atoms with Crippen LogP contribution in [-0.4, -0.2) is 24.3 Å². The average Bonchev–Trinajstić information content (AvgIpc) is 2.43. The topological polar surface area (TPSA) is 26.3 Å². The lowest BCUT2D eigenvalue weighted by atomic mass is 10.0. The second-order valence-corrected chi connectivity index (χ2v) is 6.00. The molecule has 0 bridgehead atoms. The zero-order valence-corrected chi connectivity index (χ0v) is 13.6. The second kappa shape index (κ2) is 6.96. The minimum atomic E-state index is -5.02. The highest BCUT2D eigenvalue weighted by atomic mass is 32.2. The number of carbonyl (C=O) groups excluding carboxylic acids is 1. The first-order valence-corrected chi connectivity index (χ1v) is 7.72.